The van der Waals surface area contributed by atoms with Crippen LogP contribution in [0.5, 0.6) is 0 Å². The highest BCUT2D eigenvalue weighted by atomic mass is 16.5. The Labute approximate surface area is 151 Å². The zero-order valence-electron chi connectivity index (χ0n) is 14.7. The zero-order chi connectivity index (χ0) is 18.5. The summed E-state index contributed by atoms with van der Waals surface area (Å²) in [5.41, 5.74) is 2.46. The minimum Gasteiger partial charge on any atom is -0.464 e. The molecule has 1 saturated carbocycles. The van der Waals surface area contributed by atoms with Crippen LogP contribution in [0.2, 0.25) is 0 Å². The van der Waals surface area contributed by atoms with E-state index in [0.717, 1.165) is 36.6 Å². The van der Waals surface area contributed by atoms with Crippen LogP contribution in [0, 0.1) is 6.92 Å². The van der Waals surface area contributed by atoms with Crippen molar-refractivity contribution in [1.29, 1.82) is 0 Å². The Morgan fingerprint density at radius 3 is 2.77 bits per heavy atom. The Morgan fingerprint density at radius 1 is 1.23 bits per heavy atom. The van der Waals surface area contributed by atoms with E-state index in [0.29, 0.717) is 11.1 Å². The van der Waals surface area contributed by atoms with Crippen molar-refractivity contribution in [1.82, 2.24) is 10.6 Å². The van der Waals surface area contributed by atoms with Gasteiger partial charge in [0, 0.05) is 17.0 Å². The summed E-state index contributed by atoms with van der Waals surface area (Å²) in [4.78, 5) is 35.4. The highest BCUT2D eigenvalue weighted by Crippen LogP contribution is 2.23. The van der Waals surface area contributed by atoms with E-state index < -0.39 is 24.5 Å². The molecular formula is C19H22N2O5. The van der Waals surface area contributed by atoms with Gasteiger partial charge in [-0.2, -0.15) is 0 Å². The Hall–Kier alpha value is -2.83. The number of carbonyl (C=O) groups is 3. The number of ether oxygens (including phenoxy) is 1. The van der Waals surface area contributed by atoms with Crippen LogP contribution in [0.4, 0.5) is 4.79 Å². The van der Waals surface area contributed by atoms with E-state index in [-0.39, 0.29) is 12.5 Å². The van der Waals surface area contributed by atoms with Gasteiger partial charge in [-0.05, 0) is 31.4 Å². The molecule has 2 aromatic rings. The molecular weight excluding hydrogens is 336 g/mol. The SMILES string of the molecule is Cc1ccc2c(CC(=O)OCC(=O)NC(=O)NC3CCCC3)coc2c1. The van der Waals surface area contributed by atoms with Gasteiger partial charge in [0.1, 0.15) is 5.58 Å². The quantitative estimate of drug-likeness (QED) is 0.801. The van der Waals surface area contributed by atoms with Crippen molar-refractivity contribution in [2.45, 2.75) is 45.1 Å². The van der Waals surface area contributed by atoms with Crippen LogP contribution in [0.3, 0.4) is 0 Å². The molecule has 0 saturated heterocycles. The summed E-state index contributed by atoms with van der Waals surface area (Å²) in [6, 6.07) is 5.28. The zero-order valence-corrected chi connectivity index (χ0v) is 14.7. The maximum atomic E-state index is 11.9. The summed E-state index contributed by atoms with van der Waals surface area (Å²) >= 11 is 0. The molecule has 1 aliphatic rings. The molecule has 1 aliphatic carbocycles. The number of carbonyl (C=O) groups excluding carboxylic acids is 3. The summed E-state index contributed by atoms with van der Waals surface area (Å²) in [6.45, 7) is 1.46. The fourth-order valence-electron chi connectivity index (χ4n) is 3.13. The molecule has 1 fully saturated rings. The number of fused-ring (bicyclic) bond motifs is 1. The third-order valence-electron chi connectivity index (χ3n) is 4.45. The first kappa shape index (κ1) is 18.0. The molecule has 0 atom stereocenters. The van der Waals surface area contributed by atoms with Gasteiger partial charge in [0.15, 0.2) is 6.61 Å². The lowest BCUT2D eigenvalue weighted by Crippen LogP contribution is -2.45. The minimum atomic E-state index is -0.651. The second-order valence-electron chi connectivity index (χ2n) is 6.60. The monoisotopic (exact) mass is 358 g/mol. The number of hydrogen-bond donors (Lipinski definition) is 2. The van der Waals surface area contributed by atoms with Crippen molar-refractivity contribution in [3.63, 3.8) is 0 Å². The predicted molar refractivity (Wildman–Crippen MR) is 94.5 cm³/mol. The number of benzene rings is 1. The number of esters is 1. The lowest BCUT2D eigenvalue weighted by atomic mass is 10.1. The van der Waals surface area contributed by atoms with Crippen molar-refractivity contribution in [3.05, 3.63) is 35.6 Å². The molecule has 7 heteroatoms. The highest BCUT2D eigenvalue weighted by molar-refractivity contribution is 5.96. The van der Waals surface area contributed by atoms with E-state index in [2.05, 4.69) is 10.6 Å². The molecule has 1 heterocycles. The van der Waals surface area contributed by atoms with E-state index in [9.17, 15) is 14.4 Å². The van der Waals surface area contributed by atoms with Gasteiger partial charge in [0.25, 0.3) is 5.91 Å². The van der Waals surface area contributed by atoms with Crippen LogP contribution < -0.4 is 10.6 Å². The number of amides is 3. The number of furan rings is 1. The van der Waals surface area contributed by atoms with Gasteiger partial charge in [-0.3, -0.25) is 14.9 Å². The molecule has 0 aliphatic heterocycles. The maximum absolute atomic E-state index is 11.9. The second kappa shape index (κ2) is 8.03. The molecule has 0 spiro atoms. The highest BCUT2D eigenvalue weighted by Gasteiger charge is 2.19. The molecule has 1 aromatic carbocycles. The number of aryl methyl sites for hydroxylation is 1. The third-order valence-corrected chi connectivity index (χ3v) is 4.45. The lowest BCUT2D eigenvalue weighted by Gasteiger charge is -2.12. The summed E-state index contributed by atoms with van der Waals surface area (Å²) in [5.74, 6) is -1.21. The Morgan fingerprint density at radius 2 is 2.00 bits per heavy atom. The topological polar surface area (TPSA) is 97.6 Å². The first-order valence-corrected chi connectivity index (χ1v) is 8.74. The fourth-order valence-corrected chi connectivity index (χ4v) is 3.13. The van der Waals surface area contributed by atoms with Crippen LogP contribution >= 0.6 is 0 Å². The van der Waals surface area contributed by atoms with Gasteiger partial charge in [-0.25, -0.2) is 4.79 Å². The summed E-state index contributed by atoms with van der Waals surface area (Å²) < 4.78 is 10.4. The van der Waals surface area contributed by atoms with Crippen molar-refractivity contribution in [3.8, 4) is 0 Å². The van der Waals surface area contributed by atoms with Crippen molar-refractivity contribution >= 4 is 28.9 Å². The molecule has 138 valence electrons. The van der Waals surface area contributed by atoms with Gasteiger partial charge in [-0.1, -0.05) is 25.0 Å². The fraction of sp³-hybridized carbons (Fsp3) is 0.421. The molecule has 0 radical (unpaired) electrons. The Balaban J connectivity index is 1.44. The number of urea groups is 1. The van der Waals surface area contributed by atoms with Gasteiger partial charge >= 0.3 is 12.0 Å². The van der Waals surface area contributed by atoms with E-state index in [1.54, 1.807) is 0 Å². The van der Waals surface area contributed by atoms with Gasteiger partial charge in [0.2, 0.25) is 0 Å². The van der Waals surface area contributed by atoms with Gasteiger partial charge < -0.3 is 14.5 Å². The second-order valence-corrected chi connectivity index (χ2v) is 6.60. The number of imide groups is 1. The van der Waals surface area contributed by atoms with Crippen molar-refractivity contribution in [2.24, 2.45) is 0 Å². The Kier molecular flexibility index (Phi) is 5.55. The van der Waals surface area contributed by atoms with Crippen LogP contribution in [0.25, 0.3) is 11.0 Å². The number of hydrogen-bond acceptors (Lipinski definition) is 5. The number of nitrogens with one attached hydrogen (secondary N) is 2. The van der Waals surface area contributed by atoms with E-state index in [1.807, 2.05) is 25.1 Å². The normalized spacial score (nSPS) is 14.3. The van der Waals surface area contributed by atoms with Crippen LogP contribution in [0.15, 0.2) is 28.9 Å². The standard InChI is InChI=1S/C19H22N2O5/c1-12-6-7-15-13(10-25-16(15)8-12)9-18(23)26-11-17(22)21-19(24)20-14-4-2-3-5-14/h6-8,10,14H,2-5,9,11H2,1H3,(H2,20,21,22,24). The molecule has 0 unspecified atom stereocenters. The summed E-state index contributed by atoms with van der Waals surface area (Å²) in [7, 11) is 0. The summed E-state index contributed by atoms with van der Waals surface area (Å²) in [6.07, 6.45) is 5.53. The van der Waals surface area contributed by atoms with Gasteiger partial charge in [-0.15, -0.1) is 0 Å². The molecule has 1 aromatic heterocycles. The summed E-state index contributed by atoms with van der Waals surface area (Å²) in [5, 5.41) is 5.75. The lowest BCUT2D eigenvalue weighted by molar-refractivity contribution is -0.147. The molecule has 2 N–H and O–H groups in total. The van der Waals surface area contributed by atoms with Crippen LogP contribution in [0.1, 0.15) is 36.8 Å². The minimum absolute atomic E-state index is 0.00237. The maximum Gasteiger partial charge on any atom is 0.321 e. The van der Waals surface area contributed by atoms with E-state index in [1.165, 1.54) is 6.26 Å². The first-order chi connectivity index (χ1) is 12.5. The third kappa shape index (κ3) is 4.62. The van der Waals surface area contributed by atoms with Crippen molar-refractivity contribution in [2.75, 3.05) is 6.61 Å². The molecule has 3 amide bonds. The molecule has 0 bridgehead atoms. The van der Waals surface area contributed by atoms with Gasteiger partial charge in [0.05, 0.1) is 12.7 Å². The van der Waals surface area contributed by atoms with E-state index in [4.69, 9.17) is 9.15 Å². The predicted octanol–water partition coefficient (Wildman–Crippen LogP) is 2.60. The smallest absolute Gasteiger partial charge is 0.321 e. The molecule has 26 heavy (non-hydrogen) atoms. The molecule has 3 rings (SSSR count). The van der Waals surface area contributed by atoms with Crippen LogP contribution in [-0.2, 0) is 20.7 Å². The van der Waals surface area contributed by atoms with E-state index >= 15 is 0 Å². The van der Waals surface area contributed by atoms with Crippen molar-refractivity contribution < 1.29 is 23.5 Å². The average molecular weight is 358 g/mol. The molecule has 7 nitrogen and oxygen atoms in total. The Bertz CT molecular complexity index is 820. The largest absolute Gasteiger partial charge is 0.464 e. The van der Waals surface area contributed by atoms with Crippen LogP contribution in [-0.4, -0.2) is 30.6 Å². The number of rotatable bonds is 5. The first-order valence-electron chi connectivity index (χ1n) is 8.74. The average Bonchev–Trinajstić information content (AvgIpc) is 3.23.